The van der Waals surface area contributed by atoms with E-state index in [-0.39, 0.29) is 5.82 Å². The molecule has 1 aromatic carbocycles. The first-order valence-corrected chi connectivity index (χ1v) is 5.44. The summed E-state index contributed by atoms with van der Waals surface area (Å²) in [6.07, 6.45) is 3.36. The van der Waals surface area contributed by atoms with Crippen LogP contribution in [-0.4, -0.2) is 5.78 Å². The van der Waals surface area contributed by atoms with Crippen LogP contribution in [0.5, 0.6) is 0 Å². The zero-order valence-corrected chi connectivity index (χ0v) is 8.92. The van der Waals surface area contributed by atoms with E-state index >= 15 is 0 Å². The molecule has 2 heteroatoms. The molecule has 2 rings (SSSR count). The molecule has 0 amide bonds. The molecule has 0 heterocycles. The van der Waals surface area contributed by atoms with E-state index < -0.39 is 0 Å². The maximum atomic E-state index is 13.0. The molecule has 0 atom stereocenters. The van der Waals surface area contributed by atoms with Crippen molar-refractivity contribution in [2.75, 3.05) is 0 Å². The van der Waals surface area contributed by atoms with Crippen molar-refractivity contribution in [3.8, 4) is 0 Å². The summed E-state index contributed by atoms with van der Waals surface area (Å²) in [5, 5.41) is 0. The van der Waals surface area contributed by atoms with E-state index in [4.69, 9.17) is 0 Å². The van der Waals surface area contributed by atoms with Gasteiger partial charge >= 0.3 is 0 Å². The molecule has 15 heavy (non-hydrogen) atoms. The van der Waals surface area contributed by atoms with Gasteiger partial charge in [-0.05, 0) is 49.4 Å². The van der Waals surface area contributed by atoms with Gasteiger partial charge in [-0.3, -0.25) is 4.79 Å². The van der Waals surface area contributed by atoms with E-state index in [0.29, 0.717) is 24.5 Å². The maximum Gasteiger partial charge on any atom is 0.136 e. The Morgan fingerprint density at radius 3 is 2.87 bits per heavy atom. The van der Waals surface area contributed by atoms with Crippen LogP contribution in [0, 0.1) is 18.7 Å². The lowest BCUT2D eigenvalue weighted by Crippen LogP contribution is -2.03. The number of hydrogen-bond acceptors (Lipinski definition) is 1. The summed E-state index contributed by atoms with van der Waals surface area (Å²) < 4.78 is 13.0. The number of Topliss-reactive ketones (excluding diaryl/α,β-unsaturated/α-hetero) is 1. The van der Waals surface area contributed by atoms with Gasteiger partial charge in [-0.1, -0.05) is 6.07 Å². The standard InChI is InChI=1S/C13H15FO/c1-9-2-6-12(14)8-11(9)5-7-13(15)10-3-4-10/h2,6,8,10H,3-5,7H2,1H3. The van der Waals surface area contributed by atoms with Crippen molar-refractivity contribution >= 4 is 5.78 Å². The Balaban J connectivity index is 1.97. The molecule has 1 nitrogen and oxygen atoms in total. The van der Waals surface area contributed by atoms with Gasteiger partial charge in [-0.25, -0.2) is 4.39 Å². The molecule has 0 aromatic heterocycles. The number of carbonyl (C=O) groups excluding carboxylic acids is 1. The van der Waals surface area contributed by atoms with Crippen LogP contribution in [0.3, 0.4) is 0 Å². The van der Waals surface area contributed by atoms with E-state index in [0.717, 1.165) is 24.0 Å². The Morgan fingerprint density at radius 1 is 1.47 bits per heavy atom. The van der Waals surface area contributed by atoms with Gasteiger partial charge in [-0.2, -0.15) is 0 Å². The summed E-state index contributed by atoms with van der Waals surface area (Å²) in [6.45, 7) is 1.95. The fourth-order valence-corrected chi connectivity index (χ4v) is 1.78. The number of ketones is 1. The highest BCUT2D eigenvalue weighted by Gasteiger charge is 2.28. The van der Waals surface area contributed by atoms with Gasteiger partial charge in [0.25, 0.3) is 0 Å². The highest BCUT2D eigenvalue weighted by atomic mass is 19.1. The number of hydrogen-bond donors (Lipinski definition) is 0. The summed E-state index contributed by atoms with van der Waals surface area (Å²) in [6, 6.07) is 4.77. The number of carbonyl (C=O) groups is 1. The van der Waals surface area contributed by atoms with Gasteiger partial charge < -0.3 is 0 Å². The topological polar surface area (TPSA) is 17.1 Å². The van der Waals surface area contributed by atoms with Crippen molar-refractivity contribution in [1.29, 1.82) is 0 Å². The van der Waals surface area contributed by atoms with Crippen LogP contribution in [0.1, 0.15) is 30.4 Å². The van der Waals surface area contributed by atoms with Gasteiger partial charge in [0.05, 0.1) is 0 Å². The van der Waals surface area contributed by atoms with Crippen LogP contribution in [0.4, 0.5) is 4.39 Å². The van der Waals surface area contributed by atoms with Crippen LogP contribution in [0.15, 0.2) is 18.2 Å². The van der Waals surface area contributed by atoms with Crippen molar-refractivity contribution in [3.05, 3.63) is 35.1 Å². The van der Waals surface area contributed by atoms with Crippen molar-refractivity contribution in [2.45, 2.75) is 32.6 Å². The summed E-state index contributed by atoms with van der Waals surface area (Å²) in [7, 11) is 0. The maximum absolute atomic E-state index is 13.0. The van der Waals surface area contributed by atoms with Crippen molar-refractivity contribution < 1.29 is 9.18 Å². The fourth-order valence-electron chi connectivity index (χ4n) is 1.78. The molecule has 0 saturated heterocycles. The van der Waals surface area contributed by atoms with E-state index in [9.17, 15) is 9.18 Å². The molecule has 0 unspecified atom stereocenters. The van der Waals surface area contributed by atoms with Crippen molar-refractivity contribution in [2.24, 2.45) is 5.92 Å². The quantitative estimate of drug-likeness (QED) is 0.740. The SMILES string of the molecule is Cc1ccc(F)cc1CCC(=O)C1CC1. The molecule has 1 aliphatic carbocycles. The zero-order chi connectivity index (χ0) is 10.8. The van der Waals surface area contributed by atoms with E-state index in [1.54, 1.807) is 6.07 Å². The van der Waals surface area contributed by atoms with Gasteiger partial charge in [0.2, 0.25) is 0 Å². The van der Waals surface area contributed by atoms with Crippen LogP contribution < -0.4 is 0 Å². The summed E-state index contributed by atoms with van der Waals surface area (Å²) in [5.74, 6) is 0.451. The average Bonchev–Trinajstić information content (AvgIpc) is 3.02. The first-order valence-electron chi connectivity index (χ1n) is 5.44. The minimum atomic E-state index is -0.213. The molecule has 1 aliphatic rings. The van der Waals surface area contributed by atoms with Gasteiger partial charge in [0.15, 0.2) is 0 Å². The third-order valence-corrected chi connectivity index (χ3v) is 2.98. The largest absolute Gasteiger partial charge is 0.299 e. The Kier molecular flexibility index (Phi) is 2.85. The van der Waals surface area contributed by atoms with Crippen LogP contribution in [0.2, 0.25) is 0 Å². The van der Waals surface area contributed by atoms with Gasteiger partial charge in [0, 0.05) is 12.3 Å². The lowest BCUT2D eigenvalue weighted by Gasteiger charge is -2.04. The van der Waals surface area contributed by atoms with E-state index in [2.05, 4.69) is 0 Å². The first kappa shape index (κ1) is 10.3. The molecule has 0 N–H and O–H groups in total. The molecule has 0 radical (unpaired) electrons. The second-order valence-electron chi connectivity index (χ2n) is 4.31. The minimum absolute atomic E-state index is 0.213. The molecule has 1 saturated carbocycles. The zero-order valence-electron chi connectivity index (χ0n) is 8.92. The molecule has 0 aliphatic heterocycles. The second kappa shape index (κ2) is 4.13. The summed E-state index contributed by atoms with van der Waals surface area (Å²) in [4.78, 5) is 11.5. The molecule has 0 bridgehead atoms. The average molecular weight is 206 g/mol. The number of benzene rings is 1. The number of halogens is 1. The Bertz CT molecular complexity index is 380. The van der Waals surface area contributed by atoms with Crippen LogP contribution in [-0.2, 0) is 11.2 Å². The molecular weight excluding hydrogens is 191 g/mol. The van der Waals surface area contributed by atoms with Gasteiger partial charge in [0.1, 0.15) is 11.6 Å². The molecule has 80 valence electrons. The Labute approximate surface area is 89.3 Å². The fraction of sp³-hybridized carbons (Fsp3) is 0.462. The predicted molar refractivity (Wildman–Crippen MR) is 57.2 cm³/mol. The molecule has 1 fully saturated rings. The third-order valence-electron chi connectivity index (χ3n) is 2.98. The highest BCUT2D eigenvalue weighted by Crippen LogP contribution is 2.31. The Hall–Kier alpha value is -1.18. The van der Waals surface area contributed by atoms with Crippen LogP contribution >= 0.6 is 0 Å². The smallest absolute Gasteiger partial charge is 0.136 e. The number of aryl methyl sites for hydroxylation is 2. The molecular formula is C13H15FO. The lowest BCUT2D eigenvalue weighted by atomic mass is 10.0. The highest BCUT2D eigenvalue weighted by molar-refractivity contribution is 5.83. The first-order chi connectivity index (χ1) is 7.16. The normalized spacial score (nSPS) is 15.3. The predicted octanol–water partition coefficient (Wildman–Crippen LogP) is 3.05. The summed E-state index contributed by atoms with van der Waals surface area (Å²) in [5.41, 5.74) is 2.03. The number of rotatable bonds is 4. The third kappa shape index (κ3) is 2.65. The Morgan fingerprint density at radius 2 is 2.20 bits per heavy atom. The second-order valence-corrected chi connectivity index (χ2v) is 4.31. The van der Waals surface area contributed by atoms with E-state index in [1.165, 1.54) is 12.1 Å². The van der Waals surface area contributed by atoms with Crippen molar-refractivity contribution in [3.63, 3.8) is 0 Å². The molecule has 0 spiro atoms. The van der Waals surface area contributed by atoms with Crippen LogP contribution in [0.25, 0.3) is 0 Å². The monoisotopic (exact) mass is 206 g/mol. The summed E-state index contributed by atoms with van der Waals surface area (Å²) >= 11 is 0. The minimum Gasteiger partial charge on any atom is -0.299 e. The van der Waals surface area contributed by atoms with Crippen molar-refractivity contribution in [1.82, 2.24) is 0 Å². The molecule has 1 aromatic rings. The van der Waals surface area contributed by atoms with E-state index in [1.807, 2.05) is 6.92 Å². The lowest BCUT2D eigenvalue weighted by molar-refractivity contribution is -0.120. The van der Waals surface area contributed by atoms with Gasteiger partial charge in [-0.15, -0.1) is 0 Å².